The summed E-state index contributed by atoms with van der Waals surface area (Å²) >= 11 is 0. The number of nitrogens with two attached hydrogens (primary N) is 1. The van der Waals surface area contributed by atoms with Crippen molar-refractivity contribution in [3.63, 3.8) is 0 Å². The summed E-state index contributed by atoms with van der Waals surface area (Å²) in [6.07, 6.45) is 1.04. The minimum atomic E-state index is 0.369. The molecule has 15 heavy (non-hydrogen) atoms. The van der Waals surface area contributed by atoms with Gasteiger partial charge >= 0.3 is 0 Å². The second kappa shape index (κ2) is 4.10. The SMILES string of the molecule is CCn1nc(C)c(N)c1NC1CCOC1. The lowest BCUT2D eigenvalue weighted by Crippen LogP contribution is -2.22. The third kappa shape index (κ3) is 1.92. The van der Waals surface area contributed by atoms with Crippen molar-refractivity contribution in [2.75, 3.05) is 24.3 Å². The summed E-state index contributed by atoms with van der Waals surface area (Å²) in [5.41, 5.74) is 7.61. The Balaban J connectivity index is 2.17. The van der Waals surface area contributed by atoms with Gasteiger partial charge in [-0.05, 0) is 20.3 Å². The predicted molar refractivity (Wildman–Crippen MR) is 59.9 cm³/mol. The van der Waals surface area contributed by atoms with E-state index >= 15 is 0 Å². The zero-order valence-electron chi connectivity index (χ0n) is 9.29. The quantitative estimate of drug-likeness (QED) is 0.781. The molecule has 2 rings (SSSR count). The zero-order chi connectivity index (χ0) is 10.8. The summed E-state index contributed by atoms with van der Waals surface area (Å²) in [5.74, 6) is 0.936. The third-order valence-corrected chi connectivity index (χ3v) is 2.74. The van der Waals surface area contributed by atoms with E-state index in [2.05, 4.69) is 17.3 Å². The summed E-state index contributed by atoms with van der Waals surface area (Å²) in [5, 5.41) is 7.76. The number of hydrogen-bond donors (Lipinski definition) is 2. The van der Waals surface area contributed by atoms with Crippen LogP contribution in [-0.4, -0.2) is 29.0 Å². The zero-order valence-corrected chi connectivity index (χ0v) is 9.29. The third-order valence-electron chi connectivity index (χ3n) is 2.74. The molecule has 1 aromatic heterocycles. The Morgan fingerprint density at radius 1 is 1.67 bits per heavy atom. The highest BCUT2D eigenvalue weighted by atomic mass is 16.5. The molecule has 1 saturated heterocycles. The molecule has 1 fully saturated rings. The monoisotopic (exact) mass is 210 g/mol. The smallest absolute Gasteiger partial charge is 0.148 e. The van der Waals surface area contributed by atoms with Gasteiger partial charge in [0.05, 0.1) is 24.0 Å². The number of aromatic nitrogens is 2. The molecule has 5 nitrogen and oxygen atoms in total. The number of anilines is 2. The number of rotatable bonds is 3. The Hall–Kier alpha value is -1.23. The van der Waals surface area contributed by atoms with Gasteiger partial charge in [0.25, 0.3) is 0 Å². The molecule has 1 aliphatic rings. The number of nitrogen functional groups attached to an aromatic ring is 1. The van der Waals surface area contributed by atoms with E-state index in [-0.39, 0.29) is 0 Å². The van der Waals surface area contributed by atoms with E-state index in [1.165, 1.54) is 0 Å². The van der Waals surface area contributed by atoms with Gasteiger partial charge in [0.15, 0.2) is 0 Å². The maximum Gasteiger partial charge on any atom is 0.148 e. The number of hydrogen-bond acceptors (Lipinski definition) is 4. The maximum atomic E-state index is 5.97. The van der Waals surface area contributed by atoms with Gasteiger partial charge < -0.3 is 15.8 Å². The Morgan fingerprint density at radius 3 is 3.07 bits per heavy atom. The van der Waals surface area contributed by atoms with Gasteiger partial charge in [-0.1, -0.05) is 0 Å². The summed E-state index contributed by atoms with van der Waals surface area (Å²) in [7, 11) is 0. The number of nitrogens with zero attached hydrogens (tertiary/aromatic N) is 2. The minimum Gasteiger partial charge on any atom is -0.394 e. The van der Waals surface area contributed by atoms with Crippen molar-refractivity contribution in [1.82, 2.24) is 9.78 Å². The van der Waals surface area contributed by atoms with Gasteiger partial charge in [0.1, 0.15) is 5.82 Å². The van der Waals surface area contributed by atoms with Crippen LogP contribution in [0.1, 0.15) is 19.0 Å². The van der Waals surface area contributed by atoms with E-state index in [9.17, 15) is 0 Å². The van der Waals surface area contributed by atoms with E-state index in [1.807, 2.05) is 11.6 Å². The largest absolute Gasteiger partial charge is 0.394 e. The Labute approximate surface area is 89.6 Å². The first kappa shape index (κ1) is 10.3. The summed E-state index contributed by atoms with van der Waals surface area (Å²) in [4.78, 5) is 0. The molecule has 0 aliphatic carbocycles. The molecule has 1 atom stereocenters. The summed E-state index contributed by atoms with van der Waals surface area (Å²) < 4.78 is 7.22. The van der Waals surface area contributed by atoms with Crippen molar-refractivity contribution >= 4 is 11.5 Å². The highest BCUT2D eigenvalue weighted by Gasteiger charge is 2.19. The van der Waals surface area contributed by atoms with Crippen LogP contribution in [0.2, 0.25) is 0 Å². The molecule has 0 amide bonds. The molecule has 0 saturated carbocycles. The lowest BCUT2D eigenvalue weighted by Gasteiger charge is -2.13. The molecule has 3 N–H and O–H groups in total. The van der Waals surface area contributed by atoms with Crippen molar-refractivity contribution in [3.05, 3.63) is 5.69 Å². The Kier molecular flexibility index (Phi) is 2.81. The fourth-order valence-corrected chi connectivity index (χ4v) is 1.82. The molecule has 1 aliphatic heterocycles. The number of nitrogens with one attached hydrogen (secondary N) is 1. The molecule has 0 radical (unpaired) electrons. The van der Waals surface area contributed by atoms with Gasteiger partial charge in [0.2, 0.25) is 0 Å². The van der Waals surface area contributed by atoms with E-state index in [0.717, 1.165) is 43.4 Å². The fourth-order valence-electron chi connectivity index (χ4n) is 1.82. The van der Waals surface area contributed by atoms with Gasteiger partial charge in [0, 0.05) is 13.2 Å². The van der Waals surface area contributed by atoms with Gasteiger partial charge in [-0.15, -0.1) is 0 Å². The first-order valence-electron chi connectivity index (χ1n) is 5.39. The van der Waals surface area contributed by atoms with Crippen molar-refractivity contribution in [2.45, 2.75) is 32.9 Å². The van der Waals surface area contributed by atoms with Crippen LogP contribution in [0.3, 0.4) is 0 Å². The van der Waals surface area contributed by atoms with Crippen LogP contribution < -0.4 is 11.1 Å². The standard InChI is InChI=1S/C10H18N4O/c1-3-14-10(9(11)7(2)13-14)12-8-4-5-15-6-8/h8,12H,3-6,11H2,1-2H3. The van der Waals surface area contributed by atoms with Crippen LogP contribution >= 0.6 is 0 Å². The number of aryl methyl sites for hydroxylation is 2. The molecule has 1 aromatic rings. The van der Waals surface area contributed by atoms with Crippen LogP contribution in [0.4, 0.5) is 11.5 Å². The average Bonchev–Trinajstić information content (AvgIpc) is 2.82. The van der Waals surface area contributed by atoms with Gasteiger partial charge in [-0.25, -0.2) is 4.68 Å². The molecular weight excluding hydrogens is 192 g/mol. The molecule has 1 unspecified atom stereocenters. The fraction of sp³-hybridized carbons (Fsp3) is 0.700. The second-order valence-electron chi connectivity index (χ2n) is 3.87. The molecule has 2 heterocycles. The minimum absolute atomic E-state index is 0.369. The van der Waals surface area contributed by atoms with Gasteiger partial charge in [-0.2, -0.15) is 5.10 Å². The van der Waals surface area contributed by atoms with Crippen LogP contribution in [0.5, 0.6) is 0 Å². The van der Waals surface area contributed by atoms with Crippen molar-refractivity contribution in [3.8, 4) is 0 Å². The summed E-state index contributed by atoms with van der Waals surface area (Å²) in [6, 6.07) is 0.369. The molecule has 5 heteroatoms. The predicted octanol–water partition coefficient (Wildman–Crippen LogP) is 0.994. The lowest BCUT2D eigenvalue weighted by molar-refractivity contribution is 0.195. The first-order chi connectivity index (χ1) is 7.22. The Morgan fingerprint density at radius 2 is 2.47 bits per heavy atom. The van der Waals surface area contributed by atoms with Crippen LogP contribution in [0.15, 0.2) is 0 Å². The molecular formula is C10H18N4O. The second-order valence-corrected chi connectivity index (χ2v) is 3.87. The van der Waals surface area contributed by atoms with E-state index in [4.69, 9.17) is 10.5 Å². The first-order valence-corrected chi connectivity index (χ1v) is 5.39. The lowest BCUT2D eigenvalue weighted by atomic mass is 10.2. The van der Waals surface area contributed by atoms with E-state index < -0.39 is 0 Å². The normalized spacial score (nSPS) is 20.8. The molecule has 0 bridgehead atoms. The van der Waals surface area contributed by atoms with E-state index in [1.54, 1.807) is 0 Å². The number of ether oxygens (including phenoxy) is 1. The summed E-state index contributed by atoms with van der Waals surface area (Å²) in [6.45, 7) is 6.40. The Bertz CT molecular complexity index is 341. The van der Waals surface area contributed by atoms with Crippen LogP contribution in [0.25, 0.3) is 0 Å². The highest BCUT2D eigenvalue weighted by molar-refractivity contribution is 5.65. The van der Waals surface area contributed by atoms with Crippen molar-refractivity contribution in [1.29, 1.82) is 0 Å². The molecule has 84 valence electrons. The van der Waals surface area contributed by atoms with E-state index in [0.29, 0.717) is 6.04 Å². The van der Waals surface area contributed by atoms with Gasteiger partial charge in [-0.3, -0.25) is 0 Å². The topological polar surface area (TPSA) is 65.1 Å². The maximum absolute atomic E-state index is 5.97. The average molecular weight is 210 g/mol. The van der Waals surface area contributed by atoms with Crippen LogP contribution in [-0.2, 0) is 11.3 Å². The highest BCUT2D eigenvalue weighted by Crippen LogP contribution is 2.24. The van der Waals surface area contributed by atoms with Crippen LogP contribution in [0, 0.1) is 6.92 Å². The van der Waals surface area contributed by atoms with Crippen molar-refractivity contribution in [2.24, 2.45) is 0 Å². The van der Waals surface area contributed by atoms with Crippen molar-refractivity contribution < 1.29 is 4.74 Å². The molecule has 0 spiro atoms. The molecule has 0 aromatic carbocycles.